The third-order valence-electron chi connectivity index (χ3n) is 3.27. The fourth-order valence-electron chi connectivity index (χ4n) is 2.26. The fourth-order valence-corrected chi connectivity index (χ4v) is 2.26. The number of ether oxygens (including phenoxy) is 1. The van der Waals surface area contributed by atoms with E-state index >= 15 is 0 Å². The molecule has 1 aromatic rings. The van der Waals surface area contributed by atoms with Crippen LogP contribution in [0.2, 0.25) is 0 Å². The Morgan fingerprint density at radius 2 is 2.15 bits per heavy atom. The number of hydrogen-bond acceptors (Lipinski definition) is 3. The molecule has 0 atom stereocenters. The van der Waals surface area contributed by atoms with Gasteiger partial charge in [-0.1, -0.05) is 6.07 Å². The van der Waals surface area contributed by atoms with Crippen LogP contribution in [0.25, 0.3) is 0 Å². The molecular weight excluding hydrogens is 258 g/mol. The van der Waals surface area contributed by atoms with Crippen LogP contribution in [-0.4, -0.2) is 42.1 Å². The number of amides is 3. The number of nitrogens with zero attached hydrogens (tertiary/aromatic N) is 1. The van der Waals surface area contributed by atoms with Crippen LogP contribution < -0.4 is 11.1 Å². The van der Waals surface area contributed by atoms with Crippen molar-refractivity contribution in [2.24, 2.45) is 5.73 Å². The Labute approximate surface area is 117 Å². The van der Waals surface area contributed by atoms with Crippen LogP contribution in [0.1, 0.15) is 24.2 Å². The first-order chi connectivity index (χ1) is 9.40. The van der Waals surface area contributed by atoms with Gasteiger partial charge in [0.1, 0.15) is 0 Å². The number of nitrogens with one attached hydrogen (secondary N) is 1. The van der Waals surface area contributed by atoms with E-state index in [4.69, 9.17) is 10.5 Å². The maximum absolute atomic E-state index is 12.6. The maximum atomic E-state index is 12.6. The number of hydrogen-bond donors (Lipinski definition) is 2. The third kappa shape index (κ3) is 3.08. The molecule has 108 valence electrons. The van der Waals surface area contributed by atoms with Gasteiger partial charge in [-0.25, -0.2) is 4.79 Å². The minimum atomic E-state index is -0.652. The highest BCUT2D eigenvalue weighted by atomic mass is 16.5. The molecule has 6 nitrogen and oxygen atoms in total. The lowest BCUT2D eigenvalue weighted by atomic mass is 10.0. The summed E-state index contributed by atoms with van der Waals surface area (Å²) in [6.07, 6.45) is 0. The SMILES string of the molecule is CC1(C)COCCN1C(=O)c1cccc(NC(N)=O)c1. The van der Waals surface area contributed by atoms with Crippen molar-refractivity contribution in [3.63, 3.8) is 0 Å². The van der Waals surface area contributed by atoms with Gasteiger partial charge in [-0.15, -0.1) is 0 Å². The van der Waals surface area contributed by atoms with Crippen LogP contribution in [0, 0.1) is 0 Å². The molecule has 1 aliphatic rings. The van der Waals surface area contributed by atoms with Gasteiger partial charge in [0.25, 0.3) is 5.91 Å². The van der Waals surface area contributed by atoms with E-state index in [-0.39, 0.29) is 11.4 Å². The van der Waals surface area contributed by atoms with E-state index in [1.165, 1.54) is 0 Å². The van der Waals surface area contributed by atoms with Crippen LogP contribution >= 0.6 is 0 Å². The van der Waals surface area contributed by atoms with E-state index in [0.29, 0.717) is 31.0 Å². The first kappa shape index (κ1) is 14.3. The summed E-state index contributed by atoms with van der Waals surface area (Å²) in [5.74, 6) is -0.0774. The molecule has 3 amide bonds. The normalized spacial score (nSPS) is 17.6. The Balaban J connectivity index is 2.22. The Bertz CT molecular complexity index is 528. The number of carbonyl (C=O) groups excluding carboxylic acids is 2. The fraction of sp³-hybridized carbons (Fsp3) is 0.429. The smallest absolute Gasteiger partial charge is 0.316 e. The predicted octanol–water partition coefficient (Wildman–Crippen LogP) is 1.43. The maximum Gasteiger partial charge on any atom is 0.316 e. The molecule has 20 heavy (non-hydrogen) atoms. The standard InChI is InChI=1S/C14H19N3O3/c1-14(2)9-20-7-6-17(14)12(18)10-4-3-5-11(8-10)16-13(15)19/h3-5,8H,6-7,9H2,1-2H3,(H3,15,16,19). The van der Waals surface area contributed by atoms with Gasteiger partial charge in [0, 0.05) is 17.8 Å². The highest BCUT2D eigenvalue weighted by molar-refractivity contribution is 5.97. The average molecular weight is 277 g/mol. The summed E-state index contributed by atoms with van der Waals surface area (Å²) in [5.41, 5.74) is 5.76. The molecular formula is C14H19N3O3. The largest absolute Gasteiger partial charge is 0.377 e. The van der Waals surface area contributed by atoms with E-state index < -0.39 is 6.03 Å². The Morgan fingerprint density at radius 3 is 2.80 bits per heavy atom. The number of morpholine rings is 1. The summed E-state index contributed by atoms with van der Waals surface area (Å²) in [4.78, 5) is 25.2. The molecule has 6 heteroatoms. The quantitative estimate of drug-likeness (QED) is 0.857. The van der Waals surface area contributed by atoms with E-state index in [9.17, 15) is 9.59 Å². The average Bonchev–Trinajstić information content (AvgIpc) is 2.37. The second-order valence-electron chi connectivity index (χ2n) is 5.39. The molecule has 0 radical (unpaired) electrons. The molecule has 1 heterocycles. The number of anilines is 1. The summed E-state index contributed by atoms with van der Waals surface area (Å²) >= 11 is 0. The van der Waals surface area contributed by atoms with E-state index in [1.807, 2.05) is 13.8 Å². The van der Waals surface area contributed by atoms with Gasteiger partial charge < -0.3 is 20.7 Å². The first-order valence-electron chi connectivity index (χ1n) is 6.46. The van der Waals surface area contributed by atoms with Crippen molar-refractivity contribution in [2.45, 2.75) is 19.4 Å². The number of nitrogens with two attached hydrogens (primary N) is 1. The summed E-state index contributed by atoms with van der Waals surface area (Å²) < 4.78 is 5.41. The van der Waals surface area contributed by atoms with Crippen LogP contribution in [-0.2, 0) is 4.74 Å². The number of rotatable bonds is 2. The van der Waals surface area contributed by atoms with Crippen molar-refractivity contribution in [3.8, 4) is 0 Å². The summed E-state index contributed by atoms with van der Waals surface area (Å²) in [7, 11) is 0. The second kappa shape index (κ2) is 5.50. The van der Waals surface area contributed by atoms with Crippen molar-refractivity contribution in [2.75, 3.05) is 25.1 Å². The molecule has 1 saturated heterocycles. The molecule has 2 rings (SSSR count). The molecule has 1 aliphatic heterocycles. The molecule has 0 bridgehead atoms. The highest BCUT2D eigenvalue weighted by Crippen LogP contribution is 2.22. The van der Waals surface area contributed by atoms with Gasteiger partial charge >= 0.3 is 6.03 Å². The number of primary amides is 1. The predicted molar refractivity (Wildman–Crippen MR) is 75.6 cm³/mol. The second-order valence-corrected chi connectivity index (χ2v) is 5.39. The lowest BCUT2D eigenvalue weighted by Gasteiger charge is -2.42. The summed E-state index contributed by atoms with van der Waals surface area (Å²) in [6.45, 7) is 5.54. The number of benzene rings is 1. The van der Waals surface area contributed by atoms with E-state index in [1.54, 1.807) is 29.2 Å². The first-order valence-corrected chi connectivity index (χ1v) is 6.46. The van der Waals surface area contributed by atoms with Crippen molar-refractivity contribution in [1.82, 2.24) is 4.90 Å². The summed E-state index contributed by atoms with van der Waals surface area (Å²) in [5, 5.41) is 2.47. The van der Waals surface area contributed by atoms with Gasteiger partial charge in [0.05, 0.1) is 18.8 Å². The van der Waals surface area contributed by atoms with Gasteiger partial charge in [-0.3, -0.25) is 4.79 Å². The van der Waals surface area contributed by atoms with Crippen molar-refractivity contribution in [1.29, 1.82) is 0 Å². The van der Waals surface area contributed by atoms with Gasteiger partial charge in [0.15, 0.2) is 0 Å². The van der Waals surface area contributed by atoms with Crippen LogP contribution in [0.15, 0.2) is 24.3 Å². The van der Waals surface area contributed by atoms with Crippen molar-refractivity contribution < 1.29 is 14.3 Å². The minimum Gasteiger partial charge on any atom is -0.377 e. The zero-order chi connectivity index (χ0) is 14.8. The van der Waals surface area contributed by atoms with E-state index in [2.05, 4.69) is 5.32 Å². The zero-order valence-electron chi connectivity index (χ0n) is 11.7. The third-order valence-corrected chi connectivity index (χ3v) is 3.27. The Morgan fingerprint density at radius 1 is 1.40 bits per heavy atom. The van der Waals surface area contributed by atoms with E-state index in [0.717, 1.165) is 0 Å². The Kier molecular flexibility index (Phi) is 3.94. The minimum absolute atomic E-state index is 0.0774. The van der Waals surface area contributed by atoms with Crippen LogP contribution in [0.4, 0.5) is 10.5 Å². The van der Waals surface area contributed by atoms with Crippen LogP contribution in [0.5, 0.6) is 0 Å². The topological polar surface area (TPSA) is 84.7 Å². The highest BCUT2D eigenvalue weighted by Gasteiger charge is 2.34. The van der Waals surface area contributed by atoms with Crippen molar-refractivity contribution in [3.05, 3.63) is 29.8 Å². The molecule has 0 spiro atoms. The summed E-state index contributed by atoms with van der Waals surface area (Å²) in [6, 6.07) is 6.10. The lowest BCUT2D eigenvalue weighted by molar-refractivity contribution is -0.0370. The van der Waals surface area contributed by atoms with Gasteiger partial charge in [0.2, 0.25) is 0 Å². The molecule has 1 aromatic carbocycles. The molecule has 0 aliphatic carbocycles. The van der Waals surface area contributed by atoms with Gasteiger partial charge in [-0.05, 0) is 32.0 Å². The number of urea groups is 1. The van der Waals surface area contributed by atoms with Gasteiger partial charge in [-0.2, -0.15) is 0 Å². The molecule has 0 aromatic heterocycles. The lowest BCUT2D eigenvalue weighted by Crippen LogP contribution is -2.55. The molecule has 0 unspecified atom stereocenters. The molecule has 1 fully saturated rings. The molecule has 0 saturated carbocycles. The number of carbonyl (C=O) groups is 2. The van der Waals surface area contributed by atoms with Crippen LogP contribution in [0.3, 0.4) is 0 Å². The Hall–Kier alpha value is -2.08. The van der Waals surface area contributed by atoms with Crippen molar-refractivity contribution >= 4 is 17.6 Å². The monoisotopic (exact) mass is 277 g/mol. The zero-order valence-corrected chi connectivity index (χ0v) is 11.7. The molecule has 3 N–H and O–H groups in total.